The van der Waals surface area contributed by atoms with Gasteiger partial charge in [0, 0.05) is 13.1 Å². The Morgan fingerprint density at radius 3 is 2.28 bits per heavy atom. The van der Waals surface area contributed by atoms with E-state index < -0.39 is 16.0 Å². The molecule has 0 atom stereocenters. The third kappa shape index (κ3) is 3.65. The van der Waals surface area contributed by atoms with Gasteiger partial charge in [-0.05, 0) is 41.8 Å². The molecule has 5 nitrogen and oxygen atoms in total. The van der Waals surface area contributed by atoms with E-state index in [9.17, 15) is 13.2 Å². The molecule has 2 aromatic carbocycles. The van der Waals surface area contributed by atoms with Crippen molar-refractivity contribution >= 4 is 21.6 Å². The van der Waals surface area contributed by atoms with Crippen LogP contribution < -0.4 is 0 Å². The summed E-state index contributed by atoms with van der Waals surface area (Å²) in [5.74, 6) is -0.489. The highest BCUT2D eigenvalue weighted by Gasteiger charge is 2.26. The molecule has 3 rings (SSSR count). The Kier molecular flexibility index (Phi) is 5.01. The molecule has 0 unspecified atom stereocenters. The van der Waals surface area contributed by atoms with Crippen LogP contribution in [0.4, 0.5) is 0 Å². The van der Waals surface area contributed by atoms with Gasteiger partial charge in [-0.1, -0.05) is 36.4 Å². The molecular weight excluding hydrogens is 338 g/mol. The van der Waals surface area contributed by atoms with Gasteiger partial charge in [-0.25, -0.2) is 13.2 Å². The van der Waals surface area contributed by atoms with Crippen LogP contribution in [-0.2, 0) is 14.8 Å². The van der Waals surface area contributed by atoms with Crippen LogP contribution in [-0.4, -0.2) is 38.9 Å². The summed E-state index contributed by atoms with van der Waals surface area (Å²) in [5.41, 5.74) is 2.61. The Bertz CT molecular complexity index is 887. The van der Waals surface area contributed by atoms with Crippen LogP contribution in [0.2, 0.25) is 0 Å². The third-order valence-electron chi connectivity index (χ3n) is 4.23. The van der Waals surface area contributed by atoms with Crippen molar-refractivity contribution in [3.63, 3.8) is 0 Å². The number of methoxy groups -OCH3 is 1. The number of benzene rings is 2. The van der Waals surface area contributed by atoms with Crippen LogP contribution in [0.1, 0.15) is 22.3 Å². The van der Waals surface area contributed by atoms with Crippen LogP contribution in [0.15, 0.2) is 65.6 Å². The van der Waals surface area contributed by atoms with E-state index in [1.165, 1.54) is 35.7 Å². The molecule has 0 fully saturated rings. The Labute approximate surface area is 147 Å². The molecule has 2 aromatic rings. The third-order valence-corrected chi connectivity index (χ3v) is 6.11. The summed E-state index contributed by atoms with van der Waals surface area (Å²) >= 11 is 0. The second-order valence-corrected chi connectivity index (χ2v) is 7.66. The Balaban J connectivity index is 1.78. The molecule has 0 aromatic heterocycles. The number of sulfonamides is 1. The number of carbonyl (C=O) groups excluding carboxylic acids is 1. The van der Waals surface area contributed by atoms with E-state index in [0.717, 1.165) is 11.1 Å². The zero-order chi connectivity index (χ0) is 17.9. The lowest BCUT2D eigenvalue weighted by Crippen LogP contribution is -2.34. The zero-order valence-corrected chi connectivity index (χ0v) is 14.7. The maximum absolute atomic E-state index is 12.8. The average Bonchev–Trinajstić information content (AvgIpc) is 2.68. The predicted octanol–water partition coefficient (Wildman–Crippen LogP) is 2.95. The summed E-state index contributed by atoms with van der Waals surface area (Å²) in [5, 5.41) is 0. The molecular formula is C19H19NO4S. The zero-order valence-electron chi connectivity index (χ0n) is 13.9. The molecule has 6 heteroatoms. The first kappa shape index (κ1) is 17.4. The van der Waals surface area contributed by atoms with E-state index in [1.54, 1.807) is 0 Å². The molecule has 0 aliphatic carbocycles. The average molecular weight is 357 g/mol. The lowest BCUT2D eigenvalue weighted by molar-refractivity contribution is 0.0600. The first-order chi connectivity index (χ1) is 12.0. The van der Waals surface area contributed by atoms with Crippen LogP contribution in [0.3, 0.4) is 0 Å². The van der Waals surface area contributed by atoms with Crippen molar-refractivity contribution in [3.05, 3.63) is 71.8 Å². The number of rotatable bonds is 4. The summed E-state index contributed by atoms with van der Waals surface area (Å²) in [7, 11) is -2.29. The van der Waals surface area contributed by atoms with E-state index in [0.29, 0.717) is 25.1 Å². The van der Waals surface area contributed by atoms with Gasteiger partial charge in [-0.15, -0.1) is 0 Å². The van der Waals surface area contributed by atoms with E-state index in [-0.39, 0.29) is 4.90 Å². The minimum Gasteiger partial charge on any atom is -0.465 e. The van der Waals surface area contributed by atoms with Crippen molar-refractivity contribution in [2.75, 3.05) is 20.2 Å². The summed E-state index contributed by atoms with van der Waals surface area (Å²) < 4.78 is 31.6. The SMILES string of the molecule is COC(=O)c1ccc(S(=O)(=O)N2CC=C(c3ccccc3)CC2)cc1. The minimum atomic E-state index is -3.58. The van der Waals surface area contributed by atoms with Crippen LogP contribution in [0.5, 0.6) is 0 Å². The number of esters is 1. The molecule has 0 amide bonds. The molecule has 0 bridgehead atoms. The van der Waals surface area contributed by atoms with Gasteiger partial charge >= 0.3 is 5.97 Å². The molecule has 25 heavy (non-hydrogen) atoms. The molecule has 0 saturated heterocycles. The highest BCUT2D eigenvalue weighted by molar-refractivity contribution is 7.89. The van der Waals surface area contributed by atoms with Gasteiger partial charge in [0.1, 0.15) is 0 Å². The van der Waals surface area contributed by atoms with E-state index >= 15 is 0 Å². The van der Waals surface area contributed by atoms with Crippen molar-refractivity contribution in [2.45, 2.75) is 11.3 Å². The topological polar surface area (TPSA) is 63.7 Å². The van der Waals surface area contributed by atoms with Gasteiger partial charge in [-0.2, -0.15) is 4.31 Å². The molecule has 1 heterocycles. The Hall–Kier alpha value is -2.44. The summed E-state index contributed by atoms with van der Waals surface area (Å²) in [6, 6.07) is 15.8. The van der Waals surface area contributed by atoms with Crippen LogP contribution in [0, 0.1) is 0 Å². The van der Waals surface area contributed by atoms with Crippen LogP contribution in [0.25, 0.3) is 5.57 Å². The normalized spacial score (nSPS) is 15.5. The van der Waals surface area contributed by atoms with Crippen LogP contribution >= 0.6 is 0 Å². The largest absolute Gasteiger partial charge is 0.465 e. The van der Waals surface area contributed by atoms with Gasteiger partial charge in [0.15, 0.2) is 0 Å². The molecule has 1 aliphatic rings. The van der Waals surface area contributed by atoms with Gasteiger partial charge in [0.25, 0.3) is 0 Å². The first-order valence-corrected chi connectivity index (χ1v) is 9.39. The fraction of sp³-hybridized carbons (Fsp3) is 0.211. The maximum Gasteiger partial charge on any atom is 0.337 e. The molecule has 1 aliphatic heterocycles. The van der Waals surface area contributed by atoms with E-state index in [1.807, 2.05) is 36.4 Å². The van der Waals surface area contributed by atoms with Gasteiger partial charge < -0.3 is 4.74 Å². The first-order valence-electron chi connectivity index (χ1n) is 7.95. The smallest absolute Gasteiger partial charge is 0.337 e. The standard InChI is InChI=1S/C19H19NO4S/c1-24-19(21)17-7-9-18(10-8-17)25(22,23)20-13-11-16(12-14-20)15-5-3-2-4-6-15/h2-11H,12-14H2,1H3. The fourth-order valence-electron chi connectivity index (χ4n) is 2.81. The summed E-state index contributed by atoms with van der Waals surface area (Å²) in [6.45, 7) is 0.771. The molecule has 0 saturated carbocycles. The van der Waals surface area contributed by atoms with Crippen molar-refractivity contribution in [2.24, 2.45) is 0 Å². The predicted molar refractivity (Wildman–Crippen MR) is 95.6 cm³/mol. The molecule has 0 N–H and O–H groups in total. The lowest BCUT2D eigenvalue weighted by Gasteiger charge is -2.26. The lowest BCUT2D eigenvalue weighted by atomic mass is 10.0. The number of hydrogen-bond acceptors (Lipinski definition) is 4. The highest BCUT2D eigenvalue weighted by Crippen LogP contribution is 2.26. The Morgan fingerprint density at radius 1 is 1.04 bits per heavy atom. The van der Waals surface area contributed by atoms with Crippen molar-refractivity contribution in [1.82, 2.24) is 4.31 Å². The molecule has 0 radical (unpaired) electrons. The van der Waals surface area contributed by atoms with Gasteiger partial charge in [0.05, 0.1) is 17.6 Å². The number of carbonyl (C=O) groups is 1. The Morgan fingerprint density at radius 2 is 1.72 bits per heavy atom. The van der Waals surface area contributed by atoms with E-state index in [4.69, 9.17) is 0 Å². The summed E-state index contributed by atoms with van der Waals surface area (Å²) in [4.78, 5) is 11.6. The molecule has 0 spiro atoms. The molecule has 130 valence electrons. The number of hydrogen-bond donors (Lipinski definition) is 0. The van der Waals surface area contributed by atoms with Crippen molar-refractivity contribution in [3.8, 4) is 0 Å². The van der Waals surface area contributed by atoms with Gasteiger partial charge in [-0.3, -0.25) is 0 Å². The second kappa shape index (κ2) is 7.21. The van der Waals surface area contributed by atoms with E-state index in [2.05, 4.69) is 4.74 Å². The minimum absolute atomic E-state index is 0.178. The van der Waals surface area contributed by atoms with Crippen molar-refractivity contribution in [1.29, 1.82) is 0 Å². The highest BCUT2D eigenvalue weighted by atomic mass is 32.2. The van der Waals surface area contributed by atoms with Crippen molar-refractivity contribution < 1.29 is 17.9 Å². The second-order valence-electron chi connectivity index (χ2n) is 5.72. The number of nitrogens with zero attached hydrogens (tertiary/aromatic N) is 1. The quantitative estimate of drug-likeness (QED) is 0.789. The van der Waals surface area contributed by atoms with Gasteiger partial charge in [0.2, 0.25) is 10.0 Å². The summed E-state index contributed by atoms with van der Waals surface area (Å²) in [6.07, 6.45) is 2.63. The fourth-order valence-corrected chi connectivity index (χ4v) is 4.19. The monoisotopic (exact) mass is 357 g/mol. The maximum atomic E-state index is 12.8. The number of ether oxygens (including phenoxy) is 1.